The zero-order chi connectivity index (χ0) is 18.5. The van der Waals surface area contributed by atoms with Crippen LogP contribution in [0.2, 0.25) is 0 Å². The van der Waals surface area contributed by atoms with Gasteiger partial charge in [0, 0.05) is 6.04 Å². The third-order valence-electron chi connectivity index (χ3n) is 4.41. The predicted octanol–water partition coefficient (Wildman–Crippen LogP) is 2.31. The number of hydrogen-bond acceptors (Lipinski definition) is 5. The van der Waals surface area contributed by atoms with E-state index in [0.717, 1.165) is 25.7 Å². The van der Waals surface area contributed by atoms with Crippen molar-refractivity contribution in [2.24, 2.45) is 0 Å². The normalized spacial score (nSPS) is 14.2. The van der Waals surface area contributed by atoms with Crippen molar-refractivity contribution in [2.45, 2.75) is 38.6 Å². The maximum Gasteiger partial charge on any atom is 0.276 e. The number of benzene rings is 1. The van der Waals surface area contributed by atoms with Crippen LogP contribution in [0.4, 0.5) is 0 Å². The zero-order valence-corrected chi connectivity index (χ0v) is 15.0. The van der Waals surface area contributed by atoms with E-state index in [2.05, 4.69) is 10.4 Å². The topological polar surface area (TPSA) is 82.5 Å². The molecule has 0 spiro atoms. The number of hydrogen-bond donors (Lipinski definition) is 1. The average molecular weight is 357 g/mol. The summed E-state index contributed by atoms with van der Waals surface area (Å²) in [4.78, 5) is 24.9. The van der Waals surface area contributed by atoms with Gasteiger partial charge in [0.05, 0.1) is 25.5 Å². The molecule has 0 atom stereocenters. The summed E-state index contributed by atoms with van der Waals surface area (Å²) in [5, 5.41) is 7.19. The van der Waals surface area contributed by atoms with Gasteiger partial charge in [0.1, 0.15) is 5.75 Å². The first kappa shape index (κ1) is 18.0. The molecular formula is C19H23N3O4. The summed E-state index contributed by atoms with van der Waals surface area (Å²) in [6.07, 6.45) is 4.07. The summed E-state index contributed by atoms with van der Waals surface area (Å²) < 4.78 is 12.2. The van der Waals surface area contributed by atoms with Gasteiger partial charge in [-0.15, -0.1) is 0 Å². The number of rotatable bonds is 6. The van der Waals surface area contributed by atoms with Gasteiger partial charge in [-0.2, -0.15) is 5.10 Å². The highest BCUT2D eigenvalue weighted by Crippen LogP contribution is 2.20. The minimum atomic E-state index is -0.450. The predicted molar refractivity (Wildman–Crippen MR) is 97.3 cm³/mol. The van der Waals surface area contributed by atoms with E-state index in [1.165, 1.54) is 10.7 Å². The lowest BCUT2D eigenvalue weighted by atomic mass is 10.2. The van der Waals surface area contributed by atoms with Crippen LogP contribution in [0.3, 0.4) is 0 Å². The number of nitrogens with one attached hydrogen (secondary N) is 1. The minimum Gasteiger partial charge on any atom is -0.497 e. The maximum atomic E-state index is 12.5. The molecule has 26 heavy (non-hydrogen) atoms. The Labute approximate surface area is 151 Å². The van der Waals surface area contributed by atoms with Crippen molar-refractivity contribution < 1.29 is 14.3 Å². The van der Waals surface area contributed by atoms with Gasteiger partial charge in [0.15, 0.2) is 5.69 Å². The lowest BCUT2D eigenvalue weighted by molar-refractivity contribution is 0.0929. The Morgan fingerprint density at radius 3 is 2.58 bits per heavy atom. The van der Waals surface area contributed by atoms with Crippen molar-refractivity contribution in [3.8, 4) is 17.3 Å². The zero-order valence-electron chi connectivity index (χ0n) is 15.0. The van der Waals surface area contributed by atoms with Crippen LogP contribution < -0.4 is 20.2 Å². The number of methoxy groups -OCH3 is 1. The van der Waals surface area contributed by atoms with Gasteiger partial charge in [-0.25, -0.2) is 4.68 Å². The molecule has 0 bridgehead atoms. The highest BCUT2D eigenvalue weighted by atomic mass is 16.5. The molecule has 7 nitrogen and oxygen atoms in total. The Morgan fingerprint density at radius 1 is 1.27 bits per heavy atom. The second kappa shape index (κ2) is 8.03. The number of nitrogens with zero attached hydrogens (tertiary/aromatic N) is 2. The maximum absolute atomic E-state index is 12.5. The Balaban J connectivity index is 1.97. The minimum absolute atomic E-state index is 0.115. The van der Waals surface area contributed by atoms with Crippen LogP contribution in [0.25, 0.3) is 5.69 Å². The number of carbonyl (C=O) groups is 1. The summed E-state index contributed by atoms with van der Waals surface area (Å²) in [5.74, 6) is 0.555. The van der Waals surface area contributed by atoms with E-state index in [9.17, 15) is 9.59 Å². The van der Waals surface area contributed by atoms with Crippen LogP contribution in [0.15, 0.2) is 35.1 Å². The Hall–Kier alpha value is -2.83. The molecule has 3 rings (SSSR count). The lowest BCUT2D eigenvalue weighted by Crippen LogP contribution is -2.37. The van der Waals surface area contributed by atoms with Crippen molar-refractivity contribution in [2.75, 3.05) is 13.7 Å². The molecule has 1 aromatic carbocycles. The second-order valence-corrected chi connectivity index (χ2v) is 6.19. The summed E-state index contributed by atoms with van der Waals surface area (Å²) in [5.41, 5.74) is 0.0917. The Bertz CT molecular complexity index is 824. The summed E-state index contributed by atoms with van der Waals surface area (Å²) in [7, 11) is 1.59. The highest BCUT2D eigenvalue weighted by Gasteiger charge is 2.22. The Morgan fingerprint density at radius 2 is 1.96 bits per heavy atom. The number of carbonyl (C=O) groups excluding carboxylic acids is 1. The van der Waals surface area contributed by atoms with Crippen LogP contribution in [0.1, 0.15) is 43.1 Å². The summed E-state index contributed by atoms with van der Waals surface area (Å²) >= 11 is 0. The molecule has 1 saturated carbocycles. The summed E-state index contributed by atoms with van der Waals surface area (Å²) in [6, 6.07) is 8.57. The smallest absolute Gasteiger partial charge is 0.276 e. The van der Waals surface area contributed by atoms with Gasteiger partial charge in [-0.3, -0.25) is 9.59 Å². The fraction of sp³-hybridized carbons (Fsp3) is 0.421. The highest BCUT2D eigenvalue weighted by molar-refractivity contribution is 5.92. The van der Waals surface area contributed by atoms with Gasteiger partial charge in [-0.05, 0) is 44.0 Å². The van der Waals surface area contributed by atoms with Crippen molar-refractivity contribution in [3.05, 3.63) is 46.2 Å². The second-order valence-electron chi connectivity index (χ2n) is 6.19. The van der Waals surface area contributed by atoms with Crippen LogP contribution in [0, 0.1) is 0 Å². The van der Waals surface area contributed by atoms with Gasteiger partial charge in [0.2, 0.25) is 11.3 Å². The molecular weight excluding hydrogens is 334 g/mol. The molecule has 0 radical (unpaired) electrons. The SMILES string of the molecule is CCOc1cc(=O)c(C(=O)NC2CCCC2)nn1-c1ccc(OC)cc1. The van der Waals surface area contributed by atoms with E-state index < -0.39 is 11.3 Å². The summed E-state index contributed by atoms with van der Waals surface area (Å²) in [6.45, 7) is 2.20. The van der Waals surface area contributed by atoms with E-state index in [0.29, 0.717) is 23.9 Å². The van der Waals surface area contributed by atoms with Crippen molar-refractivity contribution in [1.82, 2.24) is 15.1 Å². The molecule has 1 amide bonds. The van der Waals surface area contributed by atoms with Crippen LogP contribution in [-0.4, -0.2) is 35.4 Å². The van der Waals surface area contributed by atoms with E-state index in [1.54, 1.807) is 31.4 Å². The first-order valence-corrected chi connectivity index (χ1v) is 8.85. The fourth-order valence-corrected chi connectivity index (χ4v) is 3.08. The first-order chi connectivity index (χ1) is 12.6. The molecule has 1 aromatic heterocycles. The number of amides is 1. The van der Waals surface area contributed by atoms with E-state index in [-0.39, 0.29) is 11.7 Å². The van der Waals surface area contributed by atoms with Crippen LogP contribution in [0.5, 0.6) is 11.6 Å². The molecule has 2 aromatic rings. The van der Waals surface area contributed by atoms with E-state index >= 15 is 0 Å². The molecule has 1 aliphatic rings. The third-order valence-corrected chi connectivity index (χ3v) is 4.41. The van der Waals surface area contributed by atoms with Crippen LogP contribution >= 0.6 is 0 Å². The van der Waals surface area contributed by atoms with Gasteiger partial charge in [0.25, 0.3) is 5.91 Å². The van der Waals surface area contributed by atoms with Crippen molar-refractivity contribution in [1.29, 1.82) is 0 Å². The monoisotopic (exact) mass is 357 g/mol. The molecule has 0 unspecified atom stereocenters. The molecule has 138 valence electrons. The van der Waals surface area contributed by atoms with E-state index in [4.69, 9.17) is 9.47 Å². The molecule has 1 fully saturated rings. The molecule has 0 saturated heterocycles. The van der Waals surface area contributed by atoms with Gasteiger partial charge < -0.3 is 14.8 Å². The third kappa shape index (κ3) is 3.87. The standard InChI is InChI=1S/C19H23N3O4/c1-3-26-17-12-16(23)18(19(24)20-13-6-4-5-7-13)21-22(17)14-8-10-15(25-2)11-9-14/h8-13H,3-7H2,1-2H3,(H,20,24). The molecule has 1 N–H and O–H groups in total. The molecule has 0 aliphatic heterocycles. The first-order valence-electron chi connectivity index (χ1n) is 8.85. The van der Waals surface area contributed by atoms with Gasteiger partial charge >= 0.3 is 0 Å². The average Bonchev–Trinajstić information content (AvgIpc) is 3.15. The van der Waals surface area contributed by atoms with Crippen molar-refractivity contribution >= 4 is 5.91 Å². The number of ether oxygens (including phenoxy) is 2. The van der Waals surface area contributed by atoms with Gasteiger partial charge in [-0.1, -0.05) is 12.8 Å². The van der Waals surface area contributed by atoms with Crippen molar-refractivity contribution in [3.63, 3.8) is 0 Å². The number of aromatic nitrogens is 2. The Kier molecular flexibility index (Phi) is 5.55. The largest absolute Gasteiger partial charge is 0.497 e. The van der Waals surface area contributed by atoms with Crippen LogP contribution in [-0.2, 0) is 0 Å². The molecule has 1 aliphatic carbocycles. The quantitative estimate of drug-likeness (QED) is 0.858. The molecule has 7 heteroatoms. The van der Waals surface area contributed by atoms with E-state index in [1.807, 2.05) is 6.92 Å². The lowest BCUT2D eigenvalue weighted by Gasteiger charge is -2.15. The molecule has 1 heterocycles. The fourth-order valence-electron chi connectivity index (χ4n) is 3.08.